The maximum absolute atomic E-state index is 12.0. The van der Waals surface area contributed by atoms with Gasteiger partial charge in [-0.25, -0.2) is 0 Å². The molecule has 2 N–H and O–H groups in total. The van der Waals surface area contributed by atoms with E-state index < -0.39 is 0 Å². The van der Waals surface area contributed by atoms with Crippen LogP contribution in [0.5, 0.6) is 5.75 Å². The molecule has 0 atom stereocenters. The highest BCUT2D eigenvalue weighted by Crippen LogP contribution is 2.18. The first-order valence-electron chi connectivity index (χ1n) is 9.23. The first-order valence-corrected chi connectivity index (χ1v) is 9.23. The first kappa shape index (κ1) is 18.1. The van der Waals surface area contributed by atoms with Gasteiger partial charge < -0.3 is 15.0 Å². The number of carbonyl (C=O) groups excluding carboxylic acids is 1. The third kappa shape index (κ3) is 5.12. The third-order valence-corrected chi connectivity index (χ3v) is 4.48. The highest BCUT2D eigenvalue weighted by molar-refractivity contribution is 5.84. The van der Waals surface area contributed by atoms with E-state index >= 15 is 0 Å². The largest absolute Gasteiger partial charge is 0.494 e. The molecule has 26 heavy (non-hydrogen) atoms. The Morgan fingerprint density at radius 3 is 2.73 bits per heavy atom. The van der Waals surface area contributed by atoms with Crippen LogP contribution in [0.25, 0.3) is 10.9 Å². The van der Waals surface area contributed by atoms with Crippen molar-refractivity contribution in [3.63, 3.8) is 0 Å². The summed E-state index contributed by atoms with van der Waals surface area (Å²) in [6.45, 7) is 3.43. The lowest BCUT2D eigenvalue weighted by Crippen LogP contribution is -2.24. The molecule has 4 nitrogen and oxygen atoms in total. The molecule has 136 valence electrons. The molecule has 0 saturated heterocycles. The fourth-order valence-corrected chi connectivity index (χ4v) is 2.95. The molecule has 0 aliphatic rings. The van der Waals surface area contributed by atoms with Crippen LogP contribution in [0.3, 0.4) is 0 Å². The fourth-order valence-electron chi connectivity index (χ4n) is 2.95. The molecule has 0 fully saturated rings. The second kappa shape index (κ2) is 9.09. The summed E-state index contributed by atoms with van der Waals surface area (Å²) in [5.41, 5.74) is 3.55. The number of aromatic amines is 1. The number of unbranched alkanes of at least 4 members (excludes halogenated alkanes) is 1. The number of H-pyrrole nitrogens is 1. The van der Waals surface area contributed by atoms with Gasteiger partial charge in [-0.2, -0.15) is 0 Å². The number of para-hydroxylation sites is 1. The number of benzene rings is 2. The molecular weight excluding hydrogens is 324 g/mol. The molecule has 1 heterocycles. The van der Waals surface area contributed by atoms with E-state index in [1.807, 2.05) is 42.6 Å². The Bertz CT molecular complexity index is 837. The van der Waals surface area contributed by atoms with Crippen LogP contribution in [0, 0.1) is 6.92 Å². The van der Waals surface area contributed by atoms with E-state index in [0.29, 0.717) is 19.6 Å². The second-order valence-electron chi connectivity index (χ2n) is 6.58. The average molecular weight is 350 g/mol. The molecule has 0 radical (unpaired) electrons. The molecule has 1 amide bonds. The number of hydrogen-bond donors (Lipinski definition) is 2. The van der Waals surface area contributed by atoms with Gasteiger partial charge in [-0.3, -0.25) is 4.79 Å². The number of rotatable bonds is 9. The van der Waals surface area contributed by atoms with E-state index in [9.17, 15) is 4.79 Å². The van der Waals surface area contributed by atoms with Crippen molar-refractivity contribution in [2.24, 2.45) is 0 Å². The van der Waals surface area contributed by atoms with Crippen molar-refractivity contribution in [1.82, 2.24) is 10.3 Å². The quantitative estimate of drug-likeness (QED) is 0.563. The summed E-state index contributed by atoms with van der Waals surface area (Å²) in [6, 6.07) is 16.2. The number of nitrogens with one attached hydrogen (secondary N) is 2. The molecule has 3 aromatic rings. The van der Waals surface area contributed by atoms with Crippen molar-refractivity contribution in [1.29, 1.82) is 0 Å². The number of hydrogen-bond acceptors (Lipinski definition) is 2. The van der Waals surface area contributed by atoms with E-state index in [1.165, 1.54) is 16.5 Å². The van der Waals surface area contributed by atoms with Crippen molar-refractivity contribution in [2.75, 3.05) is 13.2 Å². The van der Waals surface area contributed by atoms with Crippen molar-refractivity contribution >= 4 is 16.8 Å². The Labute approximate surface area is 154 Å². The van der Waals surface area contributed by atoms with Gasteiger partial charge in [0.2, 0.25) is 5.91 Å². The molecule has 0 spiro atoms. The number of aryl methyl sites for hydroxylation is 2. The van der Waals surface area contributed by atoms with Crippen molar-refractivity contribution < 1.29 is 9.53 Å². The predicted molar refractivity (Wildman–Crippen MR) is 106 cm³/mol. The van der Waals surface area contributed by atoms with Gasteiger partial charge in [0.25, 0.3) is 0 Å². The van der Waals surface area contributed by atoms with Crippen LogP contribution in [-0.4, -0.2) is 24.0 Å². The zero-order chi connectivity index (χ0) is 18.2. The Morgan fingerprint density at radius 1 is 1.08 bits per heavy atom. The zero-order valence-corrected chi connectivity index (χ0v) is 15.3. The van der Waals surface area contributed by atoms with E-state index in [4.69, 9.17) is 4.74 Å². The van der Waals surface area contributed by atoms with Crippen molar-refractivity contribution in [2.45, 2.75) is 32.6 Å². The fraction of sp³-hybridized carbons (Fsp3) is 0.318. The molecule has 0 unspecified atom stereocenters. The maximum Gasteiger partial charge on any atom is 0.220 e. The van der Waals surface area contributed by atoms with Gasteiger partial charge in [0.05, 0.1) is 6.61 Å². The zero-order valence-electron chi connectivity index (χ0n) is 15.3. The molecule has 0 saturated carbocycles. The molecule has 0 bridgehead atoms. The van der Waals surface area contributed by atoms with Gasteiger partial charge in [-0.1, -0.05) is 35.9 Å². The standard InChI is InChI=1S/C22H26N2O2/c1-17-8-11-19(12-9-17)26-15-5-4-14-23-22(25)13-10-18-16-24-21-7-3-2-6-20(18)21/h2-3,6-9,11-12,16,24H,4-5,10,13-15H2,1H3,(H,23,25). The van der Waals surface area contributed by atoms with Gasteiger partial charge in [0.15, 0.2) is 0 Å². The molecule has 4 heteroatoms. The summed E-state index contributed by atoms with van der Waals surface area (Å²) in [4.78, 5) is 15.3. The number of aromatic nitrogens is 1. The summed E-state index contributed by atoms with van der Waals surface area (Å²) in [5.74, 6) is 1.01. The lowest BCUT2D eigenvalue weighted by molar-refractivity contribution is -0.121. The van der Waals surface area contributed by atoms with E-state index in [2.05, 4.69) is 29.4 Å². The molecule has 2 aromatic carbocycles. The second-order valence-corrected chi connectivity index (χ2v) is 6.58. The van der Waals surface area contributed by atoms with E-state index in [-0.39, 0.29) is 5.91 Å². The third-order valence-electron chi connectivity index (χ3n) is 4.48. The molecule has 0 aliphatic carbocycles. The summed E-state index contributed by atoms with van der Waals surface area (Å²) >= 11 is 0. The van der Waals surface area contributed by atoms with Gasteiger partial charge in [0.1, 0.15) is 5.75 Å². The highest BCUT2D eigenvalue weighted by Gasteiger charge is 2.06. The van der Waals surface area contributed by atoms with Crippen molar-refractivity contribution in [3.05, 3.63) is 65.9 Å². The van der Waals surface area contributed by atoms with Crippen LogP contribution >= 0.6 is 0 Å². The van der Waals surface area contributed by atoms with Gasteiger partial charge >= 0.3 is 0 Å². The van der Waals surface area contributed by atoms with Crippen LogP contribution in [0.15, 0.2) is 54.7 Å². The van der Waals surface area contributed by atoms with E-state index in [1.54, 1.807) is 0 Å². The predicted octanol–water partition coefficient (Wildman–Crippen LogP) is 4.38. The van der Waals surface area contributed by atoms with E-state index in [0.717, 1.165) is 30.5 Å². The Kier molecular flexibility index (Phi) is 6.31. The minimum atomic E-state index is 0.106. The van der Waals surface area contributed by atoms with Crippen LogP contribution in [-0.2, 0) is 11.2 Å². The number of amides is 1. The van der Waals surface area contributed by atoms with Crippen molar-refractivity contribution in [3.8, 4) is 5.75 Å². The summed E-state index contributed by atoms with van der Waals surface area (Å²) in [6.07, 6.45) is 5.12. The van der Waals surface area contributed by atoms with Gasteiger partial charge in [0, 0.05) is 30.1 Å². The smallest absolute Gasteiger partial charge is 0.220 e. The minimum Gasteiger partial charge on any atom is -0.494 e. The Hall–Kier alpha value is -2.75. The number of carbonyl (C=O) groups is 1. The normalized spacial score (nSPS) is 10.8. The summed E-state index contributed by atoms with van der Waals surface area (Å²) in [7, 11) is 0. The topological polar surface area (TPSA) is 54.1 Å². The van der Waals surface area contributed by atoms with Gasteiger partial charge in [-0.05, 0) is 49.9 Å². The number of fused-ring (bicyclic) bond motifs is 1. The summed E-state index contributed by atoms with van der Waals surface area (Å²) in [5, 5.41) is 4.20. The summed E-state index contributed by atoms with van der Waals surface area (Å²) < 4.78 is 5.69. The maximum atomic E-state index is 12.0. The van der Waals surface area contributed by atoms with Crippen LogP contribution in [0.4, 0.5) is 0 Å². The van der Waals surface area contributed by atoms with Crippen LogP contribution < -0.4 is 10.1 Å². The lowest BCUT2D eigenvalue weighted by atomic mass is 10.1. The number of ether oxygens (including phenoxy) is 1. The first-order chi connectivity index (χ1) is 12.7. The highest BCUT2D eigenvalue weighted by atomic mass is 16.5. The van der Waals surface area contributed by atoms with Crippen LogP contribution in [0.2, 0.25) is 0 Å². The average Bonchev–Trinajstić information content (AvgIpc) is 3.07. The lowest BCUT2D eigenvalue weighted by Gasteiger charge is -2.07. The molecule has 1 aromatic heterocycles. The SMILES string of the molecule is Cc1ccc(OCCCCNC(=O)CCc2c[nH]c3ccccc23)cc1. The van der Waals surface area contributed by atoms with Gasteiger partial charge in [-0.15, -0.1) is 0 Å². The Morgan fingerprint density at radius 2 is 1.88 bits per heavy atom. The van der Waals surface area contributed by atoms with Crippen LogP contribution in [0.1, 0.15) is 30.4 Å². The molecule has 0 aliphatic heterocycles. The molecule has 3 rings (SSSR count). The molecular formula is C22H26N2O2. The Balaban J connectivity index is 1.29. The minimum absolute atomic E-state index is 0.106. The monoisotopic (exact) mass is 350 g/mol.